The van der Waals surface area contributed by atoms with E-state index >= 15 is 0 Å². The van der Waals surface area contributed by atoms with Crippen molar-refractivity contribution in [2.75, 3.05) is 39.6 Å². The minimum absolute atomic E-state index is 0.0476. The summed E-state index contributed by atoms with van der Waals surface area (Å²) in [5.74, 6) is -0.903. The molecule has 1 unspecified atom stereocenters. The molecule has 13 heteroatoms. The molecule has 1 amide bonds. The Hall–Kier alpha value is -2.23. The van der Waals surface area contributed by atoms with Crippen molar-refractivity contribution in [1.82, 2.24) is 5.32 Å². The summed E-state index contributed by atoms with van der Waals surface area (Å²) in [6, 6.07) is 13.6. The van der Waals surface area contributed by atoms with Crippen LogP contribution in [-0.2, 0) is 43.0 Å². The van der Waals surface area contributed by atoms with Crippen LogP contribution in [0, 0.1) is 0 Å². The molecule has 2 rings (SSSR count). The topological polar surface area (TPSA) is 139 Å². The van der Waals surface area contributed by atoms with Gasteiger partial charge in [0.2, 0.25) is 5.91 Å². The van der Waals surface area contributed by atoms with Gasteiger partial charge in [-0.15, -0.1) is 0 Å². The second kappa shape index (κ2) is 17.6. The lowest BCUT2D eigenvalue weighted by atomic mass is 10.1. The highest BCUT2D eigenvalue weighted by molar-refractivity contribution is 7.55. The third-order valence-corrected chi connectivity index (χ3v) is 9.38. The largest absolute Gasteiger partial charge is 0.508 e. The number of hydrogen-bond acceptors (Lipinski definition) is 10. The van der Waals surface area contributed by atoms with Crippen molar-refractivity contribution in [2.45, 2.75) is 52.8 Å². The van der Waals surface area contributed by atoms with Crippen molar-refractivity contribution in [2.24, 2.45) is 0 Å². The molecule has 2 aromatic carbocycles. The predicted octanol–water partition coefficient (Wildman–Crippen LogP) is 6.37. The van der Waals surface area contributed by atoms with E-state index in [1.54, 1.807) is 70.2 Å². The second-order valence-electron chi connectivity index (χ2n) is 8.37. The van der Waals surface area contributed by atoms with E-state index in [4.69, 9.17) is 27.4 Å². The number of amides is 1. The van der Waals surface area contributed by atoms with Gasteiger partial charge in [-0.3, -0.25) is 22.9 Å². The van der Waals surface area contributed by atoms with E-state index in [0.717, 1.165) is 5.56 Å². The Balaban J connectivity index is 2.03. The zero-order chi connectivity index (χ0) is 29.4. The average molecular weight is 602 g/mol. The summed E-state index contributed by atoms with van der Waals surface area (Å²) in [6.45, 7) is 7.53. The number of benzene rings is 2. The first-order valence-electron chi connectivity index (χ1n) is 13.4. The molecule has 0 fully saturated rings. The van der Waals surface area contributed by atoms with Gasteiger partial charge in [-0.25, -0.2) is 4.57 Å². The predicted molar refractivity (Wildman–Crippen MR) is 152 cm³/mol. The molecule has 0 spiro atoms. The van der Waals surface area contributed by atoms with Gasteiger partial charge in [0.05, 0.1) is 33.0 Å². The summed E-state index contributed by atoms with van der Waals surface area (Å²) in [7, 11) is -8.06. The van der Waals surface area contributed by atoms with Gasteiger partial charge in [0.15, 0.2) is 5.85 Å². The van der Waals surface area contributed by atoms with Crippen molar-refractivity contribution < 1.29 is 46.4 Å². The first-order chi connectivity index (χ1) is 19.2. The molecule has 0 aliphatic heterocycles. The highest BCUT2D eigenvalue weighted by atomic mass is 31.2. The van der Waals surface area contributed by atoms with Crippen molar-refractivity contribution in [3.63, 3.8) is 0 Å². The van der Waals surface area contributed by atoms with Crippen LogP contribution in [0.25, 0.3) is 0 Å². The number of aryl methyl sites for hydroxylation is 1. The molecule has 0 aromatic heterocycles. The maximum atomic E-state index is 13.7. The number of nitrogens with one attached hydrogen (secondary N) is 1. The fourth-order valence-corrected chi connectivity index (χ4v) is 7.27. The standard InChI is InChI=1S/C27H41NO10P2/c1-5-34-39(31,35-6-2)27(38-40(32,36-7-3)37-8-4)23-14-11-15-24(21-23)33-20-12-19-28-26(30)18-17-22-13-9-10-16-25(22)29/h9-11,13-16,21,27,29H,5-8,12,17-20H2,1-4H3,(H,28,30). The summed E-state index contributed by atoms with van der Waals surface area (Å²) in [4.78, 5) is 12.1. The lowest BCUT2D eigenvalue weighted by molar-refractivity contribution is -0.121. The molecule has 1 atom stereocenters. The lowest BCUT2D eigenvalue weighted by Crippen LogP contribution is -2.25. The average Bonchev–Trinajstić information content (AvgIpc) is 2.92. The van der Waals surface area contributed by atoms with Crippen molar-refractivity contribution in [3.8, 4) is 11.5 Å². The Morgan fingerprint density at radius 1 is 0.900 bits per heavy atom. The van der Waals surface area contributed by atoms with Crippen LogP contribution in [-0.4, -0.2) is 50.6 Å². The molecule has 0 saturated carbocycles. The maximum absolute atomic E-state index is 13.7. The number of aromatic hydroxyl groups is 1. The van der Waals surface area contributed by atoms with Gasteiger partial charge in [-0.2, -0.15) is 0 Å². The van der Waals surface area contributed by atoms with Crippen molar-refractivity contribution in [3.05, 3.63) is 59.7 Å². The maximum Gasteiger partial charge on any atom is 0.475 e. The SMILES string of the molecule is CCOP(=O)(OCC)OC(c1cccc(OCCCNC(=O)CCc2ccccc2O)c1)P(=O)(OCC)OCC. The highest BCUT2D eigenvalue weighted by Crippen LogP contribution is 2.67. The third kappa shape index (κ3) is 11.0. The number of phosphoric acid groups is 1. The molecule has 0 radical (unpaired) electrons. The lowest BCUT2D eigenvalue weighted by Gasteiger charge is -2.29. The quantitative estimate of drug-likeness (QED) is 0.130. The van der Waals surface area contributed by atoms with E-state index in [9.17, 15) is 19.0 Å². The fraction of sp³-hybridized carbons (Fsp3) is 0.519. The van der Waals surface area contributed by atoms with E-state index < -0.39 is 21.3 Å². The van der Waals surface area contributed by atoms with Gasteiger partial charge in [0, 0.05) is 13.0 Å². The molecule has 2 aromatic rings. The van der Waals surface area contributed by atoms with Crippen LogP contribution in [0.2, 0.25) is 0 Å². The molecule has 0 bridgehead atoms. The number of carbonyl (C=O) groups is 1. The van der Waals surface area contributed by atoms with Gasteiger partial charge in [0.25, 0.3) is 0 Å². The minimum Gasteiger partial charge on any atom is -0.508 e. The summed E-state index contributed by atoms with van der Waals surface area (Å²) in [6.07, 6.45) is 1.24. The first kappa shape index (κ1) is 34.0. The number of ether oxygens (including phenoxy) is 1. The van der Waals surface area contributed by atoms with Crippen LogP contribution in [0.3, 0.4) is 0 Å². The summed E-state index contributed by atoms with van der Waals surface area (Å²) in [5.41, 5.74) is 1.07. The van der Waals surface area contributed by atoms with Crippen LogP contribution < -0.4 is 10.1 Å². The molecule has 11 nitrogen and oxygen atoms in total. The summed E-state index contributed by atoms with van der Waals surface area (Å²) in [5, 5.41) is 12.7. The van der Waals surface area contributed by atoms with Crippen LogP contribution >= 0.6 is 15.4 Å². The van der Waals surface area contributed by atoms with Crippen molar-refractivity contribution in [1.29, 1.82) is 0 Å². The Bertz CT molecular complexity index is 1130. The van der Waals surface area contributed by atoms with E-state index in [0.29, 0.717) is 37.3 Å². The van der Waals surface area contributed by atoms with Crippen molar-refractivity contribution >= 4 is 21.3 Å². The molecule has 2 N–H and O–H groups in total. The molecular formula is C27H41NO10P2. The Morgan fingerprint density at radius 3 is 2.17 bits per heavy atom. The number of rotatable bonds is 20. The fourth-order valence-electron chi connectivity index (χ4n) is 3.68. The second-order valence-corrected chi connectivity index (χ2v) is 12.1. The molecule has 0 aliphatic rings. The number of carbonyl (C=O) groups excluding carboxylic acids is 1. The molecule has 0 saturated heterocycles. The Kier molecular flexibility index (Phi) is 14.9. The van der Waals surface area contributed by atoms with Crippen LogP contribution in [0.4, 0.5) is 0 Å². The van der Waals surface area contributed by atoms with Gasteiger partial charge in [-0.05, 0) is 69.9 Å². The highest BCUT2D eigenvalue weighted by Gasteiger charge is 2.44. The molecule has 224 valence electrons. The van der Waals surface area contributed by atoms with E-state index in [1.807, 2.05) is 6.07 Å². The third-order valence-electron chi connectivity index (χ3n) is 5.38. The van der Waals surface area contributed by atoms with Crippen LogP contribution in [0.5, 0.6) is 11.5 Å². The molecule has 40 heavy (non-hydrogen) atoms. The molecule has 0 heterocycles. The molecule has 0 aliphatic carbocycles. The minimum atomic E-state index is -4.10. The number of phenols is 1. The van der Waals surface area contributed by atoms with Gasteiger partial charge >= 0.3 is 15.4 Å². The zero-order valence-electron chi connectivity index (χ0n) is 23.6. The van der Waals surface area contributed by atoms with E-state index in [1.165, 1.54) is 0 Å². The number of phosphoric ester groups is 1. The van der Waals surface area contributed by atoms with E-state index in [-0.39, 0.29) is 44.5 Å². The smallest absolute Gasteiger partial charge is 0.475 e. The van der Waals surface area contributed by atoms with Gasteiger partial charge in [-0.1, -0.05) is 30.3 Å². The van der Waals surface area contributed by atoms with Gasteiger partial charge < -0.3 is 24.2 Å². The first-order valence-corrected chi connectivity index (χ1v) is 16.5. The van der Waals surface area contributed by atoms with Crippen LogP contribution in [0.1, 0.15) is 57.5 Å². The number of para-hydroxylation sites is 1. The number of hydrogen-bond donors (Lipinski definition) is 2. The molecular weight excluding hydrogens is 560 g/mol. The Morgan fingerprint density at radius 2 is 1.55 bits per heavy atom. The normalized spacial score (nSPS) is 12.7. The summed E-state index contributed by atoms with van der Waals surface area (Å²) < 4.78 is 60.0. The zero-order valence-corrected chi connectivity index (χ0v) is 25.4. The van der Waals surface area contributed by atoms with Gasteiger partial charge in [0.1, 0.15) is 11.5 Å². The van der Waals surface area contributed by atoms with Crippen LogP contribution in [0.15, 0.2) is 48.5 Å². The monoisotopic (exact) mass is 601 g/mol. The van der Waals surface area contributed by atoms with E-state index in [2.05, 4.69) is 5.32 Å². The Labute approximate surface area is 236 Å². The number of phenolic OH excluding ortho intramolecular Hbond substituents is 1. The summed E-state index contributed by atoms with van der Waals surface area (Å²) >= 11 is 0.